The maximum atomic E-state index is 9.21. The molecule has 0 unspecified atom stereocenters. The summed E-state index contributed by atoms with van der Waals surface area (Å²) in [4.78, 5) is 2.76. The summed E-state index contributed by atoms with van der Waals surface area (Å²) in [7, 11) is 0. The molecule has 0 aliphatic rings. The van der Waals surface area contributed by atoms with Gasteiger partial charge >= 0.3 is 0 Å². The fourth-order valence-corrected chi connectivity index (χ4v) is 8.76. The number of hydrogen-bond donors (Lipinski definition) is 0. The van der Waals surface area contributed by atoms with Gasteiger partial charge in [0.05, 0.1) is 13.7 Å². The topological polar surface area (TPSA) is 3.24 Å². The van der Waals surface area contributed by atoms with Crippen LogP contribution >= 0.6 is 11.3 Å². The first-order chi connectivity index (χ1) is 31.0. The lowest BCUT2D eigenvalue weighted by molar-refractivity contribution is 1.29. The molecule has 0 N–H and O–H groups in total. The van der Waals surface area contributed by atoms with E-state index >= 15 is 0 Å². The lowest BCUT2D eigenvalue weighted by Gasteiger charge is -2.27. The second kappa shape index (κ2) is 13.7. The lowest BCUT2D eigenvalue weighted by Crippen LogP contribution is -2.09. The number of para-hydroxylation sites is 2. The van der Waals surface area contributed by atoms with Crippen molar-refractivity contribution in [1.82, 2.24) is 0 Å². The van der Waals surface area contributed by atoms with E-state index in [1.54, 1.807) is 40.5 Å². The van der Waals surface area contributed by atoms with Crippen molar-refractivity contribution in [3.63, 3.8) is 0 Å². The number of hydrogen-bond acceptors (Lipinski definition) is 2. The molecular weight excluding hydrogens is 671 g/mol. The van der Waals surface area contributed by atoms with Crippen LogP contribution in [0.3, 0.4) is 0 Å². The predicted octanol–water partition coefficient (Wildman–Crippen LogP) is 15.3. The van der Waals surface area contributed by atoms with Crippen LogP contribution in [0.25, 0.3) is 75.5 Å². The summed E-state index contributed by atoms with van der Waals surface area (Å²) < 4.78 is 89.0. The Kier molecular flexibility index (Phi) is 5.83. The molecule has 0 amide bonds. The molecule has 9 aromatic carbocycles. The number of fused-ring (bicyclic) bond motifs is 3. The van der Waals surface area contributed by atoms with Crippen molar-refractivity contribution in [1.29, 1.82) is 0 Å². The van der Waals surface area contributed by atoms with Crippen molar-refractivity contribution in [2.45, 2.75) is 0 Å². The van der Waals surface area contributed by atoms with Gasteiger partial charge in [-0.2, -0.15) is 0 Å². The van der Waals surface area contributed by atoms with Crippen molar-refractivity contribution in [2.24, 2.45) is 0 Å². The molecule has 2 heteroatoms. The van der Waals surface area contributed by atoms with Crippen molar-refractivity contribution in [3.05, 3.63) is 212 Å². The van der Waals surface area contributed by atoms with Gasteiger partial charge in [-0.05, 0) is 97.3 Å². The van der Waals surface area contributed by atoms with Crippen LogP contribution in [0.1, 0.15) is 13.7 Å². The van der Waals surface area contributed by atoms with Gasteiger partial charge < -0.3 is 4.90 Å². The molecule has 0 aliphatic carbocycles. The van der Waals surface area contributed by atoms with E-state index in [0.717, 1.165) is 37.9 Å². The third-order valence-electron chi connectivity index (χ3n) is 9.83. The van der Waals surface area contributed by atoms with Gasteiger partial charge in [0.1, 0.15) is 0 Å². The van der Waals surface area contributed by atoms with Crippen LogP contribution < -0.4 is 4.90 Å². The Balaban J connectivity index is 1.27. The molecule has 254 valence electrons. The predicted molar refractivity (Wildman–Crippen MR) is 233 cm³/mol. The van der Waals surface area contributed by atoms with Crippen LogP contribution in [0.2, 0.25) is 0 Å². The molecule has 0 saturated heterocycles. The average Bonchev–Trinajstić information content (AvgIpc) is 3.73. The minimum atomic E-state index is -0.514. The molecule has 0 spiro atoms. The van der Waals surface area contributed by atoms with Crippen molar-refractivity contribution in [2.75, 3.05) is 4.90 Å². The molecule has 0 atom stereocenters. The molecule has 10 rings (SSSR count). The van der Waals surface area contributed by atoms with Crippen LogP contribution in [-0.4, -0.2) is 0 Å². The first-order valence-corrected chi connectivity index (χ1v) is 18.4. The van der Waals surface area contributed by atoms with E-state index in [0.29, 0.717) is 27.7 Å². The number of thiophene rings is 1. The molecule has 10 aromatic rings. The minimum absolute atomic E-state index is 0.0264. The van der Waals surface area contributed by atoms with E-state index in [4.69, 9.17) is 11.0 Å². The molecule has 0 bridgehead atoms. The maximum absolute atomic E-state index is 9.21. The Morgan fingerprint density at radius 1 is 0.352 bits per heavy atom. The summed E-state index contributed by atoms with van der Waals surface area (Å²) in [6, 6.07) is 45.0. The van der Waals surface area contributed by atoms with Crippen LogP contribution in [0.5, 0.6) is 0 Å². The van der Waals surface area contributed by atoms with Crippen LogP contribution in [0.15, 0.2) is 212 Å². The van der Waals surface area contributed by atoms with Gasteiger partial charge in [0.25, 0.3) is 0 Å². The van der Waals surface area contributed by atoms with E-state index in [1.807, 2.05) is 66.7 Å². The summed E-state index contributed by atoms with van der Waals surface area (Å²) >= 11 is 1.74. The second-order valence-electron chi connectivity index (χ2n) is 12.9. The first-order valence-electron chi connectivity index (χ1n) is 22.6. The SMILES string of the molecule is [2H]c1c([2H])c([2H])c(-c2c3ccccc3c(-c3ccc(-c4sc5ccccc5c4-c4ccccc4)cc3)c3ccc(N(c4ccccc4)c4c([2H])c([2H])c([2H])c([2H])c4[2H])cc23)c([2H])c1[2H]. The highest BCUT2D eigenvalue weighted by atomic mass is 32.1. The molecule has 1 nitrogen and oxygen atoms in total. The molecule has 54 heavy (non-hydrogen) atoms. The lowest BCUT2D eigenvalue weighted by atomic mass is 9.85. The zero-order valence-electron chi connectivity index (χ0n) is 38.8. The van der Waals surface area contributed by atoms with Gasteiger partial charge in [0, 0.05) is 37.6 Å². The van der Waals surface area contributed by atoms with Gasteiger partial charge in [0.15, 0.2) is 0 Å². The Labute approximate surface area is 333 Å². The van der Waals surface area contributed by atoms with Crippen LogP contribution in [0.4, 0.5) is 17.1 Å². The zero-order chi connectivity index (χ0) is 44.6. The number of rotatable bonds is 7. The quantitative estimate of drug-likeness (QED) is 0.149. The Bertz CT molecular complexity index is 3440. The maximum Gasteiger partial charge on any atom is 0.0645 e. The van der Waals surface area contributed by atoms with Gasteiger partial charge in [0.2, 0.25) is 0 Å². The second-order valence-corrected chi connectivity index (χ2v) is 14.0. The van der Waals surface area contributed by atoms with Gasteiger partial charge in [-0.15, -0.1) is 11.3 Å². The van der Waals surface area contributed by atoms with Crippen molar-refractivity contribution in [3.8, 4) is 43.8 Å². The molecule has 0 fully saturated rings. The van der Waals surface area contributed by atoms with Crippen molar-refractivity contribution < 1.29 is 13.7 Å². The van der Waals surface area contributed by atoms with Crippen molar-refractivity contribution >= 4 is 60.0 Å². The highest BCUT2D eigenvalue weighted by Crippen LogP contribution is 2.48. The molecule has 0 saturated carbocycles. The number of nitrogens with zero attached hydrogens (tertiary/aromatic N) is 1. The van der Waals surface area contributed by atoms with E-state index in [1.165, 1.54) is 15.6 Å². The summed E-state index contributed by atoms with van der Waals surface area (Å²) in [5.41, 5.74) is 6.42. The monoisotopic (exact) mass is 715 g/mol. The molecule has 1 heterocycles. The number of benzene rings is 9. The minimum Gasteiger partial charge on any atom is -0.310 e. The Hall–Kier alpha value is -6.74. The average molecular weight is 716 g/mol. The fraction of sp³-hybridized carbons (Fsp3) is 0. The zero-order valence-corrected chi connectivity index (χ0v) is 29.6. The van der Waals surface area contributed by atoms with E-state index in [9.17, 15) is 2.74 Å². The summed E-state index contributed by atoms with van der Waals surface area (Å²) in [5.74, 6) is 0. The van der Waals surface area contributed by atoms with E-state index in [-0.39, 0.29) is 23.3 Å². The Morgan fingerprint density at radius 3 is 1.59 bits per heavy atom. The smallest absolute Gasteiger partial charge is 0.0645 e. The third kappa shape index (κ3) is 5.56. The number of anilines is 3. The highest BCUT2D eigenvalue weighted by molar-refractivity contribution is 7.23. The summed E-state index contributed by atoms with van der Waals surface area (Å²) in [6.45, 7) is 0. The van der Waals surface area contributed by atoms with Crippen LogP contribution in [0, 0.1) is 0 Å². The molecule has 0 aliphatic heterocycles. The fourth-order valence-electron chi connectivity index (χ4n) is 7.53. The molecule has 1 aromatic heterocycles. The largest absolute Gasteiger partial charge is 0.310 e. The summed E-state index contributed by atoms with van der Waals surface area (Å²) in [5, 5.41) is 3.89. The highest BCUT2D eigenvalue weighted by Gasteiger charge is 2.21. The molecule has 0 radical (unpaired) electrons. The van der Waals surface area contributed by atoms with Crippen LogP contribution in [-0.2, 0) is 0 Å². The Morgan fingerprint density at radius 2 is 0.889 bits per heavy atom. The summed E-state index contributed by atoms with van der Waals surface area (Å²) in [6.07, 6.45) is 0. The first kappa shape index (κ1) is 23.0. The van der Waals surface area contributed by atoms with Gasteiger partial charge in [-0.1, -0.05) is 170 Å². The normalized spacial score (nSPS) is 13.9. The van der Waals surface area contributed by atoms with E-state index < -0.39 is 48.3 Å². The van der Waals surface area contributed by atoms with Gasteiger partial charge in [-0.25, -0.2) is 0 Å². The van der Waals surface area contributed by atoms with E-state index in [2.05, 4.69) is 60.7 Å². The molecular formula is C52H35NS. The standard InChI is InChI=1S/C52H35NS/c1-5-17-36(18-6-1)50-44-26-14-13-25-43(44)49(45-34-33-42(35-47(45)50)53(40-21-9-3-10-22-40)41-23-11-4-12-24-41)38-29-31-39(32-30-38)52-51(37-19-7-2-8-20-37)46-27-15-16-28-48(46)54-52/h1-35H/i1D,3D,5D,6D,9D,10D,17D,18D,21D,22D. The third-order valence-corrected chi connectivity index (χ3v) is 11.1. The van der Waals surface area contributed by atoms with Gasteiger partial charge in [-0.3, -0.25) is 0 Å².